The molecule has 0 saturated carbocycles. The number of hydrogen-bond donors (Lipinski definition) is 2. The van der Waals surface area contributed by atoms with Crippen molar-refractivity contribution in [1.29, 1.82) is 0 Å². The molecule has 2 aromatic rings. The number of hydrogen-bond acceptors (Lipinski definition) is 4. The maximum Gasteiger partial charge on any atom is 0.339 e. The number of carbonyl (C=O) groups is 2. The molecule has 108 valence electrons. The topological polar surface area (TPSA) is 88.5 Å². The first-order valence-corrected chi connectivity index (χ1v) is 6.29. The van der Waals surface area contributed by atoms with Crippen LogP contribution in [0.5, 0.6) is 5.75 Å². The minimum atomic E-state index is -1.15. The van der Waals surface area contributed by atoms with Crippen molar-refractivity contribution in [2.24, 2.45) is 0 Å². The minimum absolute atomic E-state index is 0.0336. The Hall–Kier alpha value is -2.60. The number of ether oxygens (including phenoxy) is 1. The molecule has 0 fully saturated rings. The van der Waals surface area contributed by atoms with Crippen LogP contribution >= 0.6 is 11.6 Å². The summed E-state index contributed by atoms with van der Waals surface area (Å²) >= 11 is 5.80. The Kier molecular flexibility index (Phi) is 4.73. The van der Waals surface area contributed by atoms with E-state index in [1.165, 1.54) is 18.5 Å². The molecule has 2 rings (SSSR count). The highest BCUT2D eigenvalue weighted by atomic mass is 35.5. The number of amides is 1. The van der Waals surface area contributed by atoms with Crippen molar-refractivity contribution in [1.82, 2.24) is 4.98 Å². The van der Waals surface area contributed by atoms with Crippen molar-refractivity contribution in [2.75, 3.05) is 11.9 Å². The van der Waals surface area contributed by atoms with Crippen LogP contribution in [0.3, 0.4) is 0 Å². The van der Waals surface area contributed by atoms with Crippen LogP contribution in [-0.4, -0.2) is 28.6 Å². The van der Waals surface area contributed by atoms with Gasteiger partial charge in [-0.2, -0.15) is 0 Å². The van der Waals surface area contributed by atoms with E-state index in [9.17, 15) is 9.59 Å². The molecule has 0 saturated heterocycles. The molecule has 6 nitrogen and oxygen atoms in total. The van der Waals surface area contributed by atoms with Gasteiger partial charge in [-0.3, -0.25) is 9.78 Å². The van der Waals surface area contributed by atoms with Crippen LogP contribution in [0.2, 0.25) is 5.02 Å². The van der Waals surface area contributed by atoms with Gasteiger partial charge in [0.05, 0.1) is 6.20 Å². The molecule has 7 heteroatoms. The van der Waals surface area contributed by atoms with Crippen LogP contribution in [0, 0.1) is 0 Å². The van der Waals surface area contributed by atoms with Crippen LogP contribution in [0.15, 0.2) is 42.7 Å². The van der Waals surface area contributed by atoms with Gasteiger partial charge >= 0.3 is 5.97 Å². The maximum absolute atomic E-state index is 11.7. The Morgan fingerprint density at radius 3 is 2.86 bits per heavy atom. The van der Waals surface area contributed by atoms with Gasteiger partial charge in [-0.15, -0.1) is 0 Å². The number of aromatic carboxylic acids is 1. The van der Waals surface area contributed by atoms with Gasteiger partial charge in [0.1, 0.15) is 5.56 Å². The van der Waals surface area contributed by atoms with Crippen molar-refractivity contribution in [2.45, 2.75) is 0 Å². The first-order chi connectivity index (χ1) is 10.1. The van der Waals surface area contributed by atoms with Gasteiger partial charge in [-0.1, -0.05) is 17.7 Å². The molecule has 0 radical (unpaired) electrons. The average molecular weight is 307 g/mol. The summed E-state index contributed by atoms with van der Waals surface area (Å²) in [6, 6.07) is 7.94. The number of carbonyl (C=O) groups excluding carboxylic acids is 1. The third-order valence-electron chi connectivity index (χ3n) is 2.48. The molecular formula is C14H11ClN2O4. The molecule has 0 unspecified atom stereocenters. The Morgan fingerprint density at radius 2 is 2.14 bits per heavy atom. The number of pyridine rings is 1. The molecule has 0 aliphatic heterocycles. The lowest BCUT2D eigenvalue weighted by molar-refractivity contribution is -0.118. The quantitative estimate of drug-likeness (QED) is 0.885. The van der Waals surface area contributed by atoms with E-state index in [0.29, 0.717) is 10.7 Å². The zero-order valence-electron chi connectivity index (χ0n) is 10.7. The second-order valence-electron chi connectivity index (χ2n) is 4.02. The predicted molar refractivity (Wildman–Crippen MR) is 76.8 cm³/mol. The molecular weight excluding hydrogens is 296 g/mol. The number of nitrogens with one attached hydrogen (secondary N) is 1. The first kappa shape index (κ1) is 14.8. The fraction of sp³-hybridized carbons (Fsp3) is 0.0714. The molecule has 1 amide bonds. The largest absolute Gasteiger partial charge is 0.481 e. The Bertz CT molecular complexity index is 676. The van der Waals surface area contributed by atoms with E-state index in [4.69, 9.17) is 21.4 Å². The standard InChI is InChI=1S/C14H11ClN2O4/c15-9-2-1-3-10(6-9)17-13(18)8-21-12-7-16-5-4-11(12)14(19)20/h1-7H,8H2,(H,17,18)(H,19,20). The number of benzene rings is 1. The Labute approximate surface area is 125 Å². The highest BCUT2D eigenvalue weighted by Crippen LogP contribution is 2.17. The summed E-state index contributed by atoms with van der Waals surface area (Å²) in [4.78, 5) is 26.5. The zero-order valence-corrected chi connectivity index (χ0v) is 11.5. The lowest BCUT2D eigenvalue weighted by atomic mass is 10.2. The number of nitrogens with zero attached hydrogens (tertiary/aromatic N) is 1. The van der Waals surface area contributed by atoms with Gasteiger partial charge in [0, 0.05) is 16.9 Å². The first-order valence-electron chi connectivity index (χ1n) is 5.92. The lowest BCUT2D eigenvalue weighted by Crippen LogP contribution is -2.20. The van der Waals surface area contributed by atoms with Crippen LogP contribution in [0.4, 0.5) is 5.69 Å². The average Bonchev–Trinajstić information content (AvgIpc) is 2.45. The van der Waals surface area contributed by atoms with Crippen LogP contribution in [0.25, 0.3) is 0 Å². The number of anilines is 1. The van der Waals surface area contributed by atoms with Crippen LogP contribution in [0.1, 0.15) is 10.4 Å². The van der Waals surface area contributed by atoms with Gasteiger partial charge < -0.3 is 15.2 Å². The maximum atomic E-state index is 11.7. The number of carboxylic acids is 1. The van der Waals surface area contributed by atoms with Crippen LogP contribution in [-0.2, 0) is 4.79 Å². The number of halogens is 1. The zero-order chi connectivity index (χ0) is 15.2. The lowest BCUT2D eigenvalue weighted by Gasteiger charge is -2.09. The van der Waals surface area contributed by atoms with E-state index in [2.05, 4.69) is 10.3 Å². The summed E-state index contributed by atoms with van der Waals surface area (Å²) in [5.74, 6) is -1.55. The fourth-order valence-electron chi connectivity index (χ4n) is 1.58. The van der Waals surface area contributed by atoms with Gasteiger partial charge in [-0.25, -0.2) is 4.79 Å². The molecule has 0 aliphatic carbocycles. The monoisotopic (exact) mass is 306 g/mol. The van der Waals surface area contributed by atoms with Crippen molar-refractivity contribution < 1.29 is 19.4 Å². The summed E-state index contributed by atoms with van der Waals surface area (Å²) in [6.45, 7) is -0.335. The van der Waals surface area contributed by atoms with Crippen molar-refractivity contribution in [3.63, 3.8) is 0 Å². The smallest absolute Gasteiger partial charge is 0.339 e. The normalized spacial score (nSPS) is 9.95. The highest BCUT2D eigenvalue weighted by Gasteiger charge is 2.12. The summed E-state index contributed by atoms with van der Waals surface area (Å²) in [5.41, 5.74) is 0.473. The summed E-state index contributed by atoms with van der Waals surface area (Å²) in [5, 5.41) is 12.1. The predicted octanol–water partition coefficient (Wildman–Crippen LogP) is 2.45. The van der Waals surface area contributed by atoms with Gasteiger partial charge in [0.2, 0.25) is 0 Å². The van der Waals surface area contributed by atoms with Crippen LogP contribution < -0.4 is 10.1 Å². The summed E-state index contributed by atoms with van der Waals surface area (Å²) < 4.78 is 5.17. The SMILES string of the molecule is O=C(COc1cnccc1C(=O)O)Nc1cccc(Cl)c1. The Balaban J connectivity index is 1.97. The van der Waals surface area contributed by atoms with Crippen molar-refractivity contribution >= 4 is 29.2 Å². The van der Waals surface area contributed by atoms with E-state index in [1.54, 1.807) is 24.3 Å². The second-order valence-corrected chi connectivity index (χ2v) is 4.46. The van der Waals surface area contributed by atoms with Gasteiger partial charge in [0.25, 0.3) is 5.91 Å². The summed E-state index contributed by atoms with van der Waals surface area (Å²) in [7, 11) is 0. The van der Waals surface area contributed by atoms with E-state index in [1.807, 2.05) is 0 Å². The molecule has 1 aromatic heterocycles. The highest BCUT2D eigenvalue weighted by molar-refractivity contribution is 6.30. The fourth-order valence-corrected chi connectivity index (χ4v) is 1.77. The molecule has 0 aliphatic rings. The number of carboxylic acid groups (broad SMARTS) is 1. The third kappa shape index (κ3) is 4.19. The number of aromatic nitrogens is 1. The van der Waals surface area contributed by atoms with E-state index >= 15 is 0 Å². The molecule has 0 spiro atoms. The van der Waals surface area contributed by atoms with E-state index in [-0.39, 0.29) is 17.9 Å². The molecule has 2 N–H and O–H groups in total. The van der Waals surface area contributed by atoms with Gasteiger partial charge in [0.15, 0.2) is 12.4 Å². The van der Waals surface area contributed by atoms with Gasteiger partial charge in [-0.05, 0) is 24.3 Å². The minimum Gasteiger partial charge on any atom is -0.481 e. The van der Waals surface area contributed by atoms with Crippen molar-refractivity contribution in [3.8, 4) is 5.75 Å². The summed E-state index contributed by atoms with van der Waals surface area (Å²) in [6.07, 6.45) is 2.58. The Morgan fingerprint density at radius 1 is 1.33 bits per heavy atom. The molecule has 1 aromatic carbocycles. The molecule has 1 heterocycles. The molecule has 21 heavy (non-hydrogen) atoms. The van der Waals surface area contributed by atoms with E-state index in [0.717, 1.165) is 0 Å². The van der Waals surface area contributed by atoms with Crippen molar-refractivity contribution in [3.05, 3.63) is 53.3 Å². The van der Waals surface area contributed by atoms with E-state index < -0.39 is 11.9 Å². The molecule has 0 atom stereocenters. The second kappa shape index (κ2) is 6.71. The molecule has 0 bridgehead atoms. The number of rotatable bonds is 5. The third-order valence-corrected chi connectivity index (χ3v) is 2.72.